The van der Waals surface area contributed by atoms with Gasteiger partial charge in [0.15, 0.2) is 0 Å². The molecule has 0 bridgehead atoms. The Labute approximate surface area is 115 Å². The summed E-state index contributed by atoms with van der Waals surface area (Å²) in [6, 6.07) is 16.8. The zero-order valence-corrected chi connectivity index (χ0v) is 12.0. The highest BCUT2D eigenvalue weighted by atomic mass is 79.9. The summed E-state index contributed by atoms with van der Waals surface area (Å²) in [4.78, 5) is 2.47. The van der Waals surface area contributed by atoms with Crippen LogP contribution < -0.4 is 5.73 Å². The third-order valence-corrected chi connectivity index (χ3v) is 4.00. The minimum Gasteiger partial charge on any atom is -0.324 e. The van der Waals surface area contributed by atoms with Gasteiger partial charge < -0.3 is 5.73 Å². The Morgan fingerprint density at radius 2 is 1.41 bits per heavy atom. The molecule has 17 heavy (non-hydrogen) atoms. The molecule has 0 aliphatic heterocycles. The van der Waals surface area contributed by atoms with Crippen LogP contribution in [0.2, 0.25) is 0 Å². The van der Waals surface area contributed by atoms with E-state index >= 15 is 0 Å². The number of hydrogen-bond acceptors (Lipinski definition) is 2. The summed E-state index contributed by atoms with van der Waals surface area (Å²) >= 11 is 5.19. The van der Waals surface area contributed by atoms with Crippen molar-refractivity contribution in [3.05, 3.63) is 58.6 Å². The number of halogens is 1. The first-order chi connectivity index (χ1) is 8.15. The van der Waals surface area contributed by atoms with E-state index in [0.29, 0.717) is 0 Å². The number of nitrogens with two attached hydrogens (primary N) is 1. The summed E-state index contributed by atoms with van der Waals surface area (Å²) in [6.07, 6.45) is 0. The van der Waals surface area contributed by atoms with Crippen LogP contribution in [-0.2, 0) is 0 Å². The van der Waals surface area contributed by atoms with Crippen molar-refractivity contribution < 1.29 is 0 Å². The van der Waals surface area contributed by atoms with Crippen LogP contribution in [0.3, 0.4) is 0 Å². The van der Waals surface area contributed by atoms with Crippen molar-refractivity contribution in [3.63, 3.8) is 0 Å². The molecular weight excluding hydrogens is 294 g/mol. The molecule has 0 heterocycles. The van der Waals surface area contributed by atoms with Gasteiger partial charge in [-0.1, -0.05) is 39.8 Å². The highest BCUT2D eigenvalue weighted by Crippen LogP contribution is 2.29. The molecule has 1 atom stereocenters. The maximum absolute atomic E-state index is 5.82. The lowest BCUT2D eigenvalue weighted by molar-refractivity contribution is 0.817. The van der Waals surface area contributed by atoms with Gasteiger partial charge in [-0.2, -0.15) is 0 Å². The predicted octanol–water partition coefficient (Wildman–Crippen LogP) is 4.62. The topological polar surface area (TPSA) is 26.0 Å². The third-order valence-electron chi connectivity index (χ3n) is 2.46. The second-order valence-corrected chi connectivity index (χ2v) is 5.98. The second kappa shape index (κ2) is 5.71. The summed E-state index contributed by atoms with van der Waals surface area (Å²) in [7, 11) is 0. The van der Waals surface area contributed by atoms with E-state index in [9.17, 15) is 0 Å². The van der Waals surface area contributed by atoms with Crippen molar-refractivity contribution in [2.45, 2.75) is 22.8 Å². The molecule has 1 nitrogen and oxygen atoms in total. The molecule has 0 aliphatic carbocycles. The molecule has 0 saturated carbocycles. The second-order valence-electron chi connectivity index (χ2n) is 3.91. The average molecular weight is 308 g/mol. The molecule has 2 rings (SSSR count). The van der Waals surface area contributed by atoms with Crippen LogP contribution in [0.4, 0.5) is 0 Å². The Balaban J connectivity index is 2.11. The molecule has 2 aromatic rings. The fourth-order valence-electron chi connectivity index (χ4n) is 1.48. The normalized spacial score (nSPS) is 12.4. The fourth-order valence-corrected chi connectivity index (χ4v) is 2.56. The standard InChI is InChI=1S/C14H14BrNS/c1-10(16)11-2-6-13(7-3-11)17-14-8-4-12(15)5-9-14/h2-10H,16H2,1H3/t10-/m1/s1. The Hall–Kier alpha value is -0.770. The van der Waals surface area contributed by atoms with Gasteiger partial charge in [0.05, 0.1) is 0 Å². The number of benzene rings is 2. The SMILES string of the molecule is C[C@@H](N)c1ccc(Sc2ccc(Br)cc2)cc1. The average Bonchev–Trinajstić information content (AvgIpc) is 2.33. The van der Waals surface area contributed by atoms with E-state index in [1.807, 2.05) is 6.92 Å². The lowest BCUT2D eigenvalue weighted by Crippen LogP contribution is -2.04. The largest absolute Gasteiger partial charge is 0.324 e. The summed E-state index contributed by atoms with van der Waals surface area (Å²) in [6.45, 7) is 2.00. The van der Waals surface area contributed by atoms with Crippen LogP contribution in [-0.4, -0.2) is 0 Å². The van der Waals surface area contributed by atoms with Crippen LogP contribution in [0.15, 0.2) is 62.8 Å². The zero-order valence-electron chi connectivity index (χ0n) is 9.56. The van der Waals surface area contributed by atoms with Gasteiger partial charge in [-0.15, -0.1) is 0 Å². The van der Waals surface area contributed by atoms with Crippen molar-refractivity contribution in [1.29, 1.82) is 0 Å². The van der Waals surface area contributed by atoms with E-state index in [0.717, 1.165) is 4.47 Å². The van der Waals surface area contributed by atoms with Crippen molar-refractivity contribution in [1.82, 2.24) is 0 Å². The first-order valence-corrected chi connectivity index (χ1v) is 7.05. The van der Waals surface area contributed by atoms with Gasteiger partial charge in [-0.05, 0) is 48.9 Å². The van der Waals surface area contributed by atoms with Gasteiger partial charge in [0.2, 0.25) is 0 Å². The molecule has 0 unspecified atom stereocenters. The molecule has 0 fully saturated rings. The molecule has 2 aromatic carbocycles. The van der Waals surface area contributed by atoms with Gasteiger partial charge in [-0.25, -0.2) is 0 Å². The van der Waals surface area contributed by atoms with Crippen molar-refractivity contribution in [2.75, 3.05) is 0 Å². The van der Waals surface area contributed by atoms with E-state index in [4.69, 9.17) is 5.73 Å². The fraction of sp³-hybridized carbons (Fsp3) is 0.143. The van der Waals surface area contributed by atoms with Crippen molar-refractivity contribution in [3.8, 4) is 0 Å². The van der Waals surface area contributed by atoms with E-state index < -0.39 is 0 Å². The molecule has 2 N–H and O–H groups in total. The number of hydrogen-bond donors (Lipinski definition) is 1. The monoisotopic (exact) mass is 307 g/mol. The summed E-state index contributed by atoms with van der Waals surface area (Å²) in [5, 5.41) is 0. The highest BCUT2D eigenvalue weighted by Gasteiger charge is 2.00. The Kier molecular flexibility index (Phi) is 4.26. The smallest absolute Gasteiger partial charge is 0.0266 e. The quantitative estimate of drug-likeness (QED) is 0.895. The molecular formula is C14H14BrNS. The van der Waals surface area contributed by atoms with E-state index in [1.165, 1.54) is 15.4 Å². The lowest BCUT2D eigenvalue weighted by atomic mass is 10.1. The third kappa shape index (κ3) is 3.60. The van der Waals surface area contributed by atoms with Crippen LogP contribution in [0, 0.1) is 0 Å². The summed E-state index contributed by atoms with van der Waals surface area (Å²) in [5.74, 6) is 0. The van der Waals surface area contributed by atoms with E-state index in [-0.39, 0.29) is 6.04 Å². The molecule has 0 radical (unpaired) electrons. The highest BCUT2D eigenvalue weighted by molar-refractivity contribution is 9.10. The molecule has 0 spiro atoms. The maximum atomic E-state index is 5.82. The van der Waals surface area contributed by atoms with Gasteiger partial charge in [0.25, 0.3) is 0 Å². The first-order valence-electron chi connectivity index (χ1n) is 5.44. The Morgan fingerprint density at radius 1 is 0.941 bits per heavy atom. The molecule has 88 valence electrons. The molecule has 3 heteroatoms. The Bertz CT molecular complexity index is 477. The van der Waals surface area contributed by atoms with Gasteiger partial charge in [0.1, 0.15) is 0 Å². The minimum absolute atomic E-state index is 0.0988. The zero-order chi connectivity index (χ0) is 12.3. The predicted molar refractivity (Wildman–Crippen MR) is 77.3 cm³/mol. The van der Waals surface area contributed by atoms with E-state index in [1.54, 1.807) is 11.8 Å². The molecule has 0 saturated heterocycles. The summed E-state index contributed by atoms with van der Waals surface area (Å²) in [5.41, 5.74) is 6.99. The first kappa shape index (κ1) is 12.7. The Morgan fingerprint density at radius 3 is 1.88 bits per heavy atom. The maximum Gasteiger partial charge on any atom is 0.0266 e. The van der Waals surface area contributed by atoms with Crippen LogP contribution in [0.25, 0.3) is 0 Å². The molecule has 0 aromatic heterocycles. The number of rotatable bonds is 3. The van der Waals surface area contributed by atoms with Crippen LogP contribution in [0.5, 0.6) is 0 Å². The molecule has 0 aliphatic rings. The van der Waals surface area contributed by atoms with Gasteiger partial charge >= 0.3 is 0 Å². The minimum atomic E-state index is 0.0988. The van der Waals surface area contributed by atoms with Gasteiger partial charge in [0, 0.05) is 20.3 Å². The summed E-state index contributed by atoms with van der Waals surface area (Å²) < 4.78 is 1.11. The van der Waals surface area contributed by atoms with E-state index in [2.05, 4.69) is 64.5 Å². The van der Waals surface area contributed by atoms with Crippen molar-refractivity contribution >= 4 is 27.7 Å². The van der Waals surface area contributed by atoms with Crippen molar-refractivity contribution in [2.24, 2.45) is 5.73 Å². The molecule has 0 amide bonds. The van der Waals surface area contributed by atoms with Crippen LogP contribution >= 0.6 is 27.7 Å². The van der Waals surface area contributed by atoms with Gasteiger partial charge in [-0.3, -0.25) is 0 Å². The van der Waals surface area contributed by atoms with Crippen LogP contribution in [0.1, 0.15) is 18.5 Å². The lowest BCUT2D eigenvalue weighted by Gasteiger charge is -2.06.